The van der Waals surface area contributed by atoms with Gasteiger partial charge in [0, 0.05) is 11.2 Å². The predicted molar refractivity (Wildman–Crippen MR) is 78.8 cm³/mol. The van der Waals surface area contributed by atoms with Gasteiger partial charge in [-0.05, 0) is 36.8 Å². The fraction of sp³-hybridized carbons (Fsp3) is 0.267. The zero-order chi connectivity index (χ0) is 13.5. The van der Waals surface area contributed by atoms with E-state index in [9.17, 15) is 0 Å². The lowest BCUT2D eigenvalue weighted by Crippen LogP contribution is -2.04. The summed E-state index contributed by atoms with van der Waals surface area (Å²) in [6.45, 7) is 3.42. The highest BCUT2D eigenvalue weighted by molar-refractivity contribution is 6.30. The Morgan fingerprint density at radius 1 is 1.26 bits per heavy atom. The van der Waals surface area contributed by atoms with Crippen LogP contribution < -0.4 is 10.1 Å². The van der Waals surface area contributed by atoms with Crippen molar-refractivity contribution in [2.75, 3.05) is 11.9 Å². The number of benzene rings is 1. The average Bonchev–Trinajstić information content (AvgIpc) is 2.45. The molecule has 1 heterocycles. The molecule has 0 fully saturated rings. The molecule has 0 aliphatic heterocycles. The molecule has 19 heavy (non-hydrogen) atoms. The number of pyridine rings is 1. The molecule has 0 aliphatic rings. The number of nitrogens with zero attached hydrogens (tertiary/aromatic N) is 1. The largest absolute Gasteiger partial charge is 0.491 e. The summed E-state index contributed by atoms with van der Waals surface area (Å²) in [5, 5.41) is 3.99. The average molecular weight is 277 g/mol. The summed E-state index contributed by atoms with van der Waals surface area (Å²) in [4.78, 5) is 4.27. The number of aromatic nitrogens is 1. The molecule has 2 rings (SSSR count). The van der Waals surface area contributed by atoms with Crippen LogP contribution in [0.3, 0.4) is 0 Å². The van der Waals surface area contributed by atoms with Crippen LogP contribution in [0.25, 0.3) is 0 Å². The van der Waals surface area contributed by atoms with Crippen molar-refractivity contribution in [3.8, 4) is 5.75 Å². The van der Waals surface area contributed by atoms with Gasteiger partial charge in [0.25, 0.3) is 0 Å². The Bertz CT molecular complexity index is 517. The van der Waals surface area contributed by atoms with Gasteiger partial charge in [0.05, 0.1) is 24.5 Å². The first-order chi connectivity index (χ1) is 9.29. The molecule has 0 spiro atoms. The Morgan fingerprint density at radius 2 is 2.16 bits per heavy atom. The summed E-state index contributed by atoms with van der Waals surface area (Å²) in [5.74, 6) is 0.821. The van der Waals surface area contributed by atoms with Crippen LogP contribution in [0.4, 0.5) is 5.69 Å². The molecular weight excluding hydrogens is 260 g/mol. The minimum absolute atomic E-state index is 0.643. The molecule has 0 atom stereocenters. The lowest BCUT2D eigenvalue weighted by Gasteiger charge is -2.13. The molecule has 0 bridgehead atoms. The van der Waals surface area contributed by atoms with Crippen molar-refractivity contribution in [3.05, 3.63) is 53.3 Å². The van der Waals surface area contributed by atoms with Crippen LogP contribution in [0, 0.1) is 0 Å². The first-order valence-corrected chi connectivity index (χ1v) is 6.73. The van der Waals surface area contributed by atoms with Gasteiger partial charge in [-0.2, -0.15) is 0 Å². The van der Waals surface area contributed by atoms with Gasteiger partial charge in [-0.1, -0.05) is 24.6 Å². The number of halogens is 1. The smallest absolute Gasteiger partial charge is 0.142 e. The molecule has 3 nitrogen and oxygen atoms in total. The third kappa shape index (κ3) is 4.14. The Kier molecular flexibility index (Phi) is 5.04. The highest BCUT2D eigenvalue weighted by Gasteiger charge is 2.04. The molecule has 0 aliphatic carbocycles. The maximum Gasteiger partial charge on any atom is 0.142 e. The van der Waals surface area contributed by atoms with E-state index < -0.39 is 0 Å². The monoisotopic (exact) mass is 276 g/mol. The summed E-state index contributed by atoms with van der Waals surface area (Å²) in [6, 6.07) is 11.4. The molecule has 0 saturated heterocycles. The van der Waals surface area contributed by atoms with Gasteiger partial charge in [0.1, 0.15) is 5.75 Å². The first-order valence-electron chi connectivity index (χ1n) is 6.35. The number of hydrogen-bond donors (Lipinski definition) is 1. The van der Waals surface area contributed by atoms with Gasteiger partial charge in [-0.3, -0.25) is 4.98 Å². The van der Waals surface area contributed by atoms with Gasteiger partial charge in [0.15, 0.2) is 0 Å². The molecule has 1 N–H and O–H groups in total. The topological polar surface area (TPSA) is 34.1 Å². The minimum Gasteiger partial charge on any atom is -0.491 e. The van der Waals surface area contributed by atoms with Crippen LogP contribution in [0.2, 0.25) is 5.02 Å². The van der Waals surface area contributed by atoms with Crippen molar-refractivity contribution in [2.45, 2.75) is 19.9 Å². The van der Waals surface area contributed by atoms with E-state index >= 15 is 0 Å². The van der Waals surface area contributed by atoms with Crippen LogP contribution in [0.15, 0.2) is 42.6 Å². The summed E-state index contributed by atoms with van der Waals surface area (Å²) >= 11 is 6.02. The quantitative estimate of drug-likeness (QED) is 0.861. The van der Waals surface area contributed by atoms with E-state index in [1.165, 1.54) is 0 Å². The minimum atomic E-state index is 0.643. The van der Waals surface area contributed by atoms with Crippen molar-refractivity contribution in [1.29, 1.82) is 0 Å². The van der Waals surface area contributed by atoms with Gasteiger partial charge in [0.2, 0.25) is 0 Å². The second-order valence-corrected chi connectivity index (χ2v) is 4.60. The number of nitrogens with one attached hydrogen (secondary N) is 1. The zero-order valence-corrected chi connectivity index (χ0v) is 11.7. The van der Waals surface area contributed by atoms with E-state index in [2.05, 4.69) is 17.2 Å². The lowest BCUT2D eigenvalue weighted by atomic mass is 10.2. The highest BCUT2D eigenvalue weighted by atomic mass is 35.5. The van der Waals surface area contributed by atoms with Crippen molar-refractivity contribution in [1.82, 2.24) is 4.98 Å². The van der Waals surface area contributed by atoms with Crippen molar-refractivity contribution in [3.63, 3.8) is 0 Å². The number of ether oxygens (including phenoxy) is 1. The molecule has 0 radical (unpaired) electrons. The molecular formula is C15H17ClN2O. The van der Waals surface area contributed by atoms with Crippen LogP contribution in [-0.2, 0) is 6.54 Å². The molecule has 1 aromatic carbocycles. The SMILES string of the molecule is CCCOc1ccc(Cl)cc1NCc1ccccn1. The Morgan fingerprint density at radius 3 is 2.89 bits per heavy atom. The van der Waals surface area contributed by atoms with Crippen LogP contribution in [-0.4, -0.2) is 11.6 Å². The molecule has 1 aromatic heterocycles. The van der Waals surface area contributed by atoms with Crippen molar-refractivity contribution >= 4 is 17.3 Å². The van der Waals surface area contributed by atoms with Gasteiger partial charge < -0.3 is 10.1 Å². The highest BCUT2D eigenvalue weighted by Crippen LogP contribution is 2.28. The summed E-state index contributed by atoms with van der Waals surface area (Å²) < 4.78 is 5.69. The first kappa shape index (κ1) is 13.7. The van der Waals surface area contributed by atoms with Gasteiger partial charge in [-0.15, -0.1) is 0 Å². The Hall–Kier alpha value is -1.74. The van der Waals surface area contributed by atoms with Crippen LogP contribution >= 0.6 is 11.6 Å². The predicted octanol–water partition coefficient (Wildman–Crippen LogP) is 4.14. The number of hydrogen-bond acceptors (Lipinski definition) is 3. The van der Waals surface area contributed by atoms with E-state index in [1.807, 2.05) is 36.4 Å². The summed E-state index contributed by atoms with van der Waals surface area (Å²) in [6.07, 6.45) is 2.76. The Balaban J connectivity index is 2.07. The maximum absolute atomic E-state index is 6.02. The van der Waals surface area contributed by atoms with Crippen LogP contribution in [0.5, 0.6) is 5.75 Å². The molecule has 4 heteroatoms. The normalized spacial score (nSPS) is 10.2. The molecule has 2 aromatic rings. The van der Waals surface area contributed by atoms with E-state index in [-0.39, 0.29) is 0 Å². The molecule has 0 saturated carbocycles. The Labute approximate surface area is 118 Å². The van der Waals surface area contributed by atoms with Crippen molar-refractivity contribution < 1.29 is 4.74 Å². The fourth-order valence-electron chi connectivity index (χ4n) is 1.67. The van der Waals surface area contributed by atoms with E-state index in [0.717, 1.165) is 23.6 Å². The van der Waals surface area contributed by atoms with Gasteiger partial charge in [-0.25, -0.2) is 0 Å². The standard InChI is InChI=1S/C15H17ClN2O/c1-2-9-19-15-7-6-12(16)10-14(15)18-11-13-5-3-4-8-17-13/h3-8,10,18H,2,9,11H2,1H3. The van der Waals surface area contributed by atoms with Crippen LogP contribution in [0.1, 0.15) is 19.0 Å². The van der Waals surface area contributed by atoms with Gasteiger partial charge >= 0.3 is 0 Å². The van der Waals surface area contributed by atoms with E-state index in [1.54, 1.807) is 6.20 Å². The molecule has 0 unspecified atom stereocenters. The summed E-state index contributed by atoms with van der Waals surface area (Å²) in [5.41, 5.74) is 1.87. The third-order valence-electron chi connectivity index (χ3n) is 2.59. The number of anilines is 1. The fourth-order valence-corrected chi connectivity index (χ4v) is 1.84. The maximum atomic E-state index is 6.02. The second-order valence-electron chi connectivity index (χ2n) is 4.16. The third-order valence-corrected chi connectivity index (χ3v) is 2.82. The molecule has 100 valence electrons. The number of rotatable bonds is 6. The second kappa shape index (κ2) is 7.00. The zero-order valence-electron chi connectivity index (χ0n) is 10.9. The van der Waals surface area contributed by atoms with Crippen molar-refractivity contribution in [2.24, 2.45) is 0 Å². The summed E-state index contributed by atoms with van der Waals surface area (Å²) in [7, 11) is 0. The molecule has 0 amide bonds. The van der Waals surface area contributed by atoms with E-state index in [0.29, 0.717) is 18.2 Å². The lowest BCUT2D eigenvalue weighted by molar-refractivity contribution is 0.319. The van der Waals surface area contributed by atoms with E-state index in [4.69, 9.17) is 16.3 Å².